The van der Waals surface area contributed by atoms with Gasteiger partial charge in [0.15, 0.2) is 0 Å². The lowest BCUT2D eigenvalue weighted by Crippen LogP contribution is -2.36. The Bertz CT molecular complexity index is 722. The van der Waals surface area contributed by atoms with E-state index in [9.17, 15) is 4.79 Å². The molecule has 0 bridgehead atoms. The highest BCUT2D eigenvalue weighted by atomic mass is 16.1. The summed E-state index contributed by atoms with van der Waals surface area (Å²) in [6.07, 6.45) is 2.34. The van der Waals surface area contributed by atoms with E-state index in [4.69, 9.17) is 0 Å². The number of aromatic amines is 1. The lowest BCUT2D eigenvalue weighted by atomic mass is 10.1. The molecule has 104 valence electrons. The van der Waals surface area contributed by atoms with Gasteiger partial charge < -0.3 is 9.88 Å². The van der Waals surface area contributed by atoms with E-state index < -0.39 is 0 Å². The number of hydrogen-bond acceptors (Lipinski definition) is 5. The van der Waals surface area contributed by atoms with E-state index in [0.717, 1.165) is 41.3 Å². The van der Waals surface area contributed by atoms with E-state index in [0.29, 0.717) is 12.4 Å². The number of aryl methyl sites for hydroxylation is 2. The number of aromatic nitrogens is 4. The molecule has 3 rings (SSSR count). The second-order valence-corrected chi connectivity index (χ2v) is 5.16. The highest BCUT2D eigenvalue weighted by Crippen LogP contribution is 2.23. The maximum atomic E-state index is 12.1. The number of hydrogen-bond donors (Lipinski definition) is 1. The Morgan fingerprint density at radius 2 is 2.05 bits per heavy atom. The van der Waals surface area contributed by atoms with Gasteiger partial charge in [-0.3, -0.25) is 4.79 Å². The number of nitrogens with zero attached hydrogens (tertiary/aromatic N) is 4. The smallest absolute Gasteiger partial charge is 0.256 e. The second kappa shape index (κ2) is 4.70. The molecule has 1 N–H and O–H groups in total. The SMILES string of the molecule is Cc1nc2c(c(=O)[nH]1)CN(c1ncnc(C)c1C)CC2. The van der Waals surface area contributed by atoms with Crippen molar-refractivity contribution >= 4 is 5.82 Å². The minimum Gasteiger partial charge on any atom is -0.351 e. The largest absolute Gasteiger partial charge is 0.351 e. The molecule has 0 aromatic carbocycles. The van der Waals surface area contributed by atoms with Gasteiger partial charge in [-0.2, -0.15) is 0 Å². The first-order valence-corrected chi connectivity index (χ1v) is 6.68. The number of fused-ring (bicyclic) bond motifs is 1. The molecule has 6 nitrogen and oxygen atoms in total. The Kier molecular flexibility index (Phi) is 3.00. The summed E-state index contributed by atoms with van der Waals surface area (Å²) in [7, 11) is 0. The summed E-state index contributed by atoms with van der Waals surface area (Å²) >= 11 is 0. The highest BCUT2D eigenvalue weighted by molar-refractivity contribution is 5.49. The van der Waals surface area contributed by atoms with Gasteiger partial charge in [0.05, 0.1) is 17.8 Å². The van der Waals surface area contributed by atoms with Crippen LogP contribution in [0.5, 0.6) is 0 Å². The molecule has 1 aliphatic rings. The molecule has 0 saturated heterocycles. The molecule has 0 atom stereocenters. The maximum absolute atomic E-state index is 12.1. The van der Waals surface area contributed by atoms with Crippen LogP contribution in [0.3, 0.4) is 0 Å². The summed E-state index contributed by atoms with van der Waals surface area (Å²) in [6, 6.07) is 0. The van der Waals surface area contributed by atoms with Gasteiger partial charge in [0.2, 0.25) is 0 Å². The first-order chi connectivity index (χ1) is 9.56. The van der Waals surface area contributed by atoms with Gasteiger partial charge in [0.1, 0.15) is 18.0 Å². The molecule has 2 aromatic rings. The molecule has 2 aromatic heterocycles. The monoisotopic (exact) mass is 271 g/mol. The quantitative estimate of drug-likeness (QED) is 0.839. The summed E-state index contributed by atoms with van der Waals surface area (Å²) in [5, 5.41) is 0. The second-order valence-electron chi connectivity index (χ2n) is 5.16. The molecule has 0 radical (unpaired) electrons. The lowest BCUT2D eigenvalue weighted by Gasteiger charge is -2.29. The van der Waals surface area contributed by atoms with Crippen LogP contribution in [0.2, 0.25) is 0 Å². The van der Waals surface area contributed by atoms with Gasteiger partial charge in [-0.1, -0.05) is 0 Å². The van der Waals surface area contributed by atoms with Crippen molar-refractivity contribution in [2.24, 2.45) is 0 Å². The van der Waals surface area contributed by atoms with Crippen LogP contribution in [-0.2, 0) is 13.0 Å². The molecule has 1 aliphatic heterocycles. The van der Waals surface area contributed by atoms with Crippen LogP contribution in [-0.4, -0.2) is 26.5 Å². The van der Waals surface area contributed by atoms with Crippen LogP contribution in [0.4, 0.5) is 5.82 Å². The predicted octanol–water partition coefficient (Wildman–Crippen LogP) is 1.05. The third-order valence-electron chi connectivity index (χ3n) is 3.80. The van der Waals surface area contributed by atoms with Gasteiger partial charge >= 0.3 is 0 Å². The van der Waals surface area contributed by atoms with Crippen LogP contribution in [0.1, 0.15) is 28.3 Å². The summed E-state index contributed by atoms with van der Waals surface area (Å²) in [5.74, 6) is 1.58. The zero-order valence-electron chi connectivity index (χ0n) is 11.9. The predicted molar refractivity (Wildman–Crippen MR) is 75.9 cm³/mol. The topological polar surface area (TPSA) is 74.8 Å². The maximum Gasteiger partial charge on any atom is 0.256 e. The van der Waals surface area contributed by atoms with Crippen LogP contribution in [0.15, 0.2) is 11.1 Å². The third kappa shape index (κ3) is 2.07. The van der Waals surface area contributed by atoms with Crippen molar-refractivity contribution < 1.29 is 0 Å². The Labute approximate surface area is 116 Å². The molecule has 0 fully saturated rings. The Morgan fingerprint density at radius 3 is 2.85 bits per heavy atom. The lowest BCUT2D eigenvalue weighted by molar-refractivity contribution is 0.679. The highest BCUT2D eigenvalue weighted by Gasteiger charge is 2.23. The third-order valence-corrected chi connectivity index (χ3v) is 3.80. The van der Waals surface area contributed by atoms with Crippen LogP contribution in [0, 0.1) is 20.8 Å². The fourth-order valence-corrected chi connectivity index (χ4v) is 2.57. The number of H-pyrrole nitrogens is 1. The molecule has 0 saturated carbocycles. The minimum absolute atomic E-state index is 0.0411. The Morgan fingerprint density at radius 1 is 1.25 bits per heavy atom. The molecule has 20 heavy (non-hydrogen) atoms. The van der Waals surface area contributed by atoms with Gasteiger partial charge in [0.25, 0.3) is 5.56 Å². The van der Waals surface area contributed by atoms with Crippen molar-refractivity contribution in [1.29, 1.82) is 0 Å². The Balaban J connectivity index is 2.00. The number of nitrogens with one attached hydrogen (secondary N) is 1. The van der Waals surface area contributed by atoms with Crippen LogP contribution < -0.4 is 10.5 Å². The minimum atomic E-state index is -0.0411. The average molecular weight is 271 g/mol. The van der Waals surface area contributed by atoms with Crippen molar-refractivity contribution in [3.05, 3.63) is 45.0 Å². The molecular weight excluding hydrogens is 254 g/mol. The van der Waals surface area contributed by atoms with Crippen LogP contribution >= 0.6 is 0 Å². The summed E-state index contributed by atoms with van der Waals surface area (Å²) in [5.41, 5.74) is 3.65. The van der Waals surface area contributed by atoms with Crippen molar-refractivity contribution in [3.8, 4) is 0 Å². The molecular formula is C14H17N5O. The molecule has 6 heteroatoms. The van der Waals surface area contributed by atoms with Crippen molar-refractivity contribution in [3.63, 3.8) is 0 Å². The van der Waals surface area contributed by atoms with E-state index in [-0.39, 0.29) is 5.56 Å². The summed E-state index contributed by atoms with van der Waals surface area (Å²) in [4.78, 5) is 29.9. The van der Waals surface area contributed by atoms with E-state index in [1.807, 2.05) is 20.8 Å². The van der Waals surface area contributed by atoms with E-state index in [1.54, 1.807) is 6.33 Å². The van der Waals surface area contributed by atoms with Gasteiger partial charge in [0, 0.05) is 24.2 Å². The van der Waals surface area contributed by atoms with Gasteiger partial charge in [-0.05, 0) is 20.8 Å². The first kappa shape index (κ1) is 12.8. The van der Waals surface area contributed by atoms with Crippen molar-refractivity contribution in [2.45, 2.75) is 33.7 Å². The molecule has 0 aliphatic carbocycles. The fourth-order valence-electron chi connectivity index (χ4n) is 2.57. The molecule has 0 amide bonds. The van der Waals surface area contributed by atoms with E-state index >= 15 is 0 Å². The van der Waals surface area contributed by atoms with E-state index in [2.05, 4.69) is 24.8 Å². The van der Waals surface area contributed by atoms with Crippen molar-refractivity contribution in [1.82, 2.24) is 19.9 Å². The number of rotatable bonds is 1. The molecule has 3 heterocycles. The van der Waals surface area contributed by atoms with Crippen molar-refractivity contribution in [2.75, 3.05) is 11.4 Å². The standard InChI is InChI=1S/C14H17N5O/c1-8-9(2)15-7-16-13(8)19-5-4-12-11(6-19)14(20)18-10(3)17-12/h7H,4-6H2,1-3H3,(H,17,18,20). The van der Waals surface area contributed by atoms with E-state index in [1.165, 1.54) is 0 Å². The van der Waals surface area contributed by atoms with Gasteiger partial charge in [-0.25, -0.2) is 15.0 Å². The zero-order valence-corrected chi connectivity index (χ0v) is 11.9. The van der Waals surface area contributed by atoms with Gasteiger partial charge in [-0.15, -0.1) is 0 Å². The average Bonchev–Trinajstić information content (AvgIpc) is 2.41. The van der Waals surface area contributed by atoms with Crippen LogP contribution in [0.25, 0.3) is 0 Å². The fraction of sp³-hybridized carbons (Fsp3) is 0.429. The zero-order chi connectivity index (χ0) is 14.3. The summed E-state index contributed by atoms with van der Waals surface area (Å²) < 4.78 is 0. The first-order valence-electron chi connectivity index (χ1n) is 6.68. The normalized spacial score (nSPS) is 14.2. The summed E-state index contributed by atoms with van der Waals surface area (Å²) in [6.45, 7) is 7.16. The Hall–Kier alpha value is -2.24. The molecule has 0 spiro atoms. The number of anilines is 1. The molecule has 0 unspecified atom stereocenters.